The molecule has 1 unspecified atom stereocenters. The molecule has 1 atom stereocenters. The van der Waals surface area contributed by atoms with Crippen LogP contribution >= 0.6 is 0 Å². The maximum Gasteiger partial charge on any atom is 0.157 e. The van der Waals surface area contributed by atoms with E-state index in [0.29, 0.717) is 6.54 Å². The first-order valence-electron chi connectivity index (χ1n) is 6.41. The summed E-state index contributed by atoms with van der Waals surface area (Å²) in [5.74, 6) is 0.892. The van der Waals surface area contributed by atoms with E-state index < -0.39 is 0 Å². The quantitative estimate of drug-likeness (QED) is 0.863. The van der Waals surface area contributed by atoms with Crippen LogP contribution in [0.4, 0.5) is 5.82 Å². The zero-order valence-electron chi connectivity index (χ0n) is 11.2. The molecule has 1 saturated heterocycles. The van der Waals surface area contributed by atoms with Crippen molar-refractivity contribution in [2.45, 2.75) is 25.6 Å². The van der Waals surface area contributed by atoms with Crippen LogP contribution in [0.25, 0.3) is 5.65 Å². The van der Waals surface area contributed by atoms with E-state index in [-0.39, 0.29) is 18.3 Å². The van der Waals surface area contributed by atoms with E-state index in [0.717, 1.165) is 18.0 Å². The van der Waals surface area contributed by atoms with Crippen molar-refractivity contribution in [1.29, 1.82) is 0 Å². The third-order valence-electron chi connectivity index (χ3n) is 3.25. The second-order valence-electron chi connectivity index (χ2n) is 5.48. The van der Waals surface area contributed by atoms with Crippen molar-refractivity contribution in [3.05, 3.63) is 24.5 Å². The van der Waals surface area contributed by atoms with Gasteiger partial charge in [-0.25, -0.2) is 9.50 Å². The Morgan fingerprint density at radius 1 is 1.47 bits per heavy atom. The van der Waals surface area contributed by atoms with Crippen LogP contribution in [0, 0.1) is 0 Å². The molecule has 1 fully saturated rings. The zero-order valence-corrected chi connectivity index (χ0v) is 11.2. The Balaban J connectivity index is 1.91. The van der Waals surface area contributed by atoms with Gasteiger partial charge in [-0.2, -0.15) is 5.10 Å². The summed E-state index contributed by atoms with van der Waals surface area (Å²) in [5.41, 5.74) is 0.530. The molecule has 1 N–H and O–H groups in total. The lowest BCUT2D eigenvalue weighted by atomic mass is 10.1. The number of morpholine rings is 1. The van der Waals surface area contributed by atoms with Crippen LogP contribution in [0.1, 0.15) is 13.8 Å². The van der Waals surface area contributed by atoms with Crippen molar-refractivity contribution in [3.8, 4) is 0 Å². The first kappa shape index (κ1) is 12.4. The Hall–Kier alpha value is -1.66. The SMILES string of the molecule is CC1(C)CN(c2ccn3nccc3n2)CC(CO)O1. The average Bonchev–Trinajstić information content (AvgIpc) is 2.83. The summed E-state index contributed by atoms with van der Waals surface area (Å²) in [7, 11) is 0. The number of hydrogen-bond donors (Lipinski definition) is 1. The average molecular weight is 262 g/mol. The predicted octanol–water partition coefficient (Wildman–Crippen LogP) is 0.705. The van der Waals surface area contributed by atoms with E-state index in [4.69, 9.17) is 4.74 Å². The fourth-order valence-electron chi connectivity index (χ4n) is 2.54. The summed E-state index contributed by atoms with van der Waals surface area (Å²) in [4.78, 5) is 6.73. The van der Waals surface area contributed by atoms with Gasteiger partial charge in [0.2, 0.25) is 0 Å². The summed E-state index contributed by atoms with van der Waals surface area (Å²) in [6, 6.07) is 3.81. The molecule has 19 heavy (non-hydrogen) atoms. The number of aliphatic hydroxyl groups is 1. The highest BCUT2D eigenvalue weighted by Gasteiger charge is 2.33. The molecule has 0 radical (unpaired) electrons. The van der Waals surface area contributed by atoms with Crippen LogP contribution in [0.5, 0.6) is 0 Å². The van der Waals surface area contributed by atoms with Gasteiger partial charge in [0.25, 0.3) is 0 Å². The van der Waals surface area contributed by atoms with Crippen LogP contribution < -0.4 is 4.90 Å². The molecule has 2 aromatic rings. The molecular weight excluding hydrogens is 244 g/mol. The third kappa shape index (κ3) is 2.41. The fraction of sp³-hybridized carbons (Fsp3) is 0.538. The van der Waals surface area contributed by atoms with Gasteiger partial charge < -0.3 is 14.7 Å². The Morgan fingerprint density at radius 2 is 2.32 bits per heavy atom. The smallest absolute Gasteiger partial charge is 0.157 e. The molecule has 6 nitrogen and oxygen atoms in total. The standard InChI is InChI=1S/C13H18N4O2/c1-13(2)9-16(7-10(8-18)19-13)11-4-6-17-12(15-11)3-5-14-17/h3-6,10,18H,7-9H2,1-2H3. The summed E-state index contributed by atoms with van der Waals surface area (Å²) in [6.07, 6.45) is 3.45. The van der Waals surface area contributed by atoms with Gasteiger partial charge in [-0.15, -0.1) is 0 Å². The van der Waals surface area contributed by atoms with Gasteiger partial charge in [0.1, 0.15) is 5.82 Å². The van der Waals surface area contributed by atoms with Crippen molar-refractivity contribution in [1.82, 2.24) is 14.6 Å². The van der Waals surface area contributed by atoms with Gasteiger partial charge in [0, 0.05) is 25.4 Å². The van der Waals surface area contributed by atoms with Gasteiger partial charge in [-0.3, -0.25) is 0 Å². The summed E-state index contributed by atoms with van der Waals surface area (Å²) < 4.78 is 7.54. The minimum Gasteiger partial charge on any atom is -0.394 e. The van der Waals surface area contributed by atoms with E-state index in [1.807, 2.05) is 32.2 Å². The van der Waals surface area contributed by atoms with Crippen molar-refractivity contribution in [2.75, 3.05) is 24.6 Å². The van der Waals surface area contributed by atoms with Gasteiger partial charge in [-0.1, -0.05) is 0 Å². The van der Waals surface area contributed by atoms with E-state index in [1.165, 1.54) is 0 Å². The second-order valence-corrected chi connectivity index (χ2v) is 5.48. The van der Waals surface area contributed by atoms with Crippen molar-refractivity contribution in [3.63, 3.8) is 0 Å². The number of hydrogen-bond acceptors (Lipinski definition) is 5. The molecule has 0 spiro atoms. The number of nitrogens with zero attached hydrogens (tertiary/aromatic N) is 4. The molecule has 2 aromatic heterocycles. The van der Waals surface area contributed by atoms with Crippen molar-refractivity contribution < 1.29 is 9.84 Å². The van der Waals surface area contributed by atoms with Gasteiger partial charge in [-0.05, 0) is 19.9 Å². The molecule has 0 amide bonds. The highest BCUT2D eigenvalue weighted by molar-refractivity contribution is 5.48. The number of aromatic nitrogens is 3. The van der Waals surface area contributed by atoms with Gasteiger partial charge >= 0.3 is 0 Å². The molecule has 0 aliphatic carbocycles. The lowest BCUT2D eigenvalue weighted by Crippen LogP contribution is -2.54. The molecule has 0 saturated carbocycles. The molecule has 0 aromatic carbocycles. The number of fused-ring (bicyclic) bond motifs is 1. The predicted molar refractivity (Wildman–Crippen MR) is 71.2 cm³/mol. The molecular formula is C13H18N4O2. The Kier molecular flexibility index (Phi) is 2.91. The number of ether oxygens (including phenoxy) is 1. The Labute approximate surface area is 111 Å². The first-order chi connectivity index (χ1) is 9.07. The van der Waals surface area contributed by atoms with E-state index in [1.54, 1.807) is 10.7 Å². The summed E-state index contributed by atoms with van der Waals surface area (Å²) in [6.45, 7) is 5.48. The fourth-order valence-corrected chi connectivity index (χ4v) is 2.54. The van der Waals surface area contributed by atoms with Crippen LogP contribution in [0.15, 0.2) is 24.5 Å². The highest BCUT2D eigenvalue weighted by atomic mass is 16.5. The van der Waals surface area contributed by atoms with Crippen molar-refractivity contribution >= 4 is 11.5 Å². The minimum absolute atomic E-state index is 0.0227. The van der Waals surface area contributed by atoms with E-state index in [2.05, 4.69) is 15.0 Å². The maximum absolute atomic E-state index is 9.34. The molecule has 102 valence electrons. The lowest BCUT2D eigenvalue weighted by molar-refractivity contribution is -0.101. The normalized spacial score (nSPS) is 22.9. The molecule has 1 aliphatic heterocycles. The number of rotatable bonds is 2. The monoisotopic (exact) mass is 262 g/mol. The third-order valence-corrected chi connectivity index (χ3v) is 3.25. The molecule has 3 rings (SSSR count). The van der Waals surface area contributed by atoms with Crippen LogP contribution in [-0.2, 0) is 4.74 Å². The zero-order chi connectivity index (χ0) is 13.5. The number of aliphatic hydroxyl groups excluding tert-OH is 1. The van der Waals surface area contributed by atoms with E-state index >= 15 is 0 Å². The van der Waals surface area contributed by atoms with Crippen LogP contribution in [0.3, 0.4) is 0 Å². The largest absolute Gasteiger partial charge is 0.394 e. The minimum atomic E-state index is -0.292. The molecule has 0 bridgehead atoms. The summed E-state index contributed by atoms with van der Waals surface area (Å²) >= 11 is 0. The van der Waals surface area contributed by atoms with Crippen molar-refractivity contribution in [2.24, 2.45) is 0 Å². The first-order valence-corrected chi connectivity index (χ1v) is 6.41. The van der Waals surface area contributed by atoms with Crippen LogP contribution in [0.2, 0.25) is 0 Å². The van der Waals surface area contributed by atoms with Gasteiger partial charge in [0.15, 0.2) is 5.65 Å². The van der Waals surface area contributed by atoms with E-state index in [9.17, 15) is 5.11 Å². The Bertz CT molecular complexity index is 581. The van der Waals surface area contributed by atoms with Gasteiger partial charge in [0.05, 0.1) is 24.5 Å². The number of anilines is 1. The molecule has 6 heteroatoms. The lowest BCUT2D eigenvalue weighted by Gasteiger charge is -2.42. The maximum atomic E-state index is 9.34. The summed E-state index contributed by atoms with van der Waals surface area (Å²) in [5, 5.41) is 13.5. The topological polar surface area (TPSA) is 62.9 Å². The molecule has 3 heterocycles. The highest BCUT2D eigenvalue weighted by Crippen LogP contribution is 2.24. The Morgan fingerprint density at radius 3 is 3.11 bits per heavy atom. The van der Waals surface area contributed by atoms with Crippen LogP contribution in [-0.4, -0.2) is 51.1 Å². The second kappa shape index (κ2) is 4.47. The molecule has 1 aliphatic rings.